The molecule has 0 bridgehead atoms. The number of likely N-dealkylation sites (N-methyl/N-ethyl adjacent to an activating group) is 1. The fourth-order valence-electron chi connectivity index (χ4n) is 2.03. The number of rotatable bonds is 7. The zero-order valence-electron chi connectivity index (χ0n) is 13.3. The normalized spacial score (nSPS) is 10.5. The second kappa shape index (κ2) is 7.64. The van der Waals surface area contributed by atoms with E-state index in [-0.39, 0.29) is 12.3 Å². The maximum absolute atomic E-state index is 12.0. The Morgan fingerprint density at radius 1 is 1.32 bits per heavy atom. The first kappa shape index (κ1) is 16.1. The van der Waals surface area contributed by atoms with Crippen LogP contribution in [0, 0.1) is 6.92 Å². The number of hydrogen-bond acceptors (Lipinski definition) is 4. The molecular weight excluding hydrogens is 280 g/mol. The predicted octanol–water partition coefficient (Wildman–Crippen LogP) is 2.63. The third-order valence-corrected chi connectivity index (χ3v) is 3.46. The maximum atomic E-state index is 12.0. The molecule has 2 aromatic rings. The van der Waals surface area contributed by atoms with Crippen molar-refractivity contribution in [3.63, 3.8) is 0 Å². The van der Waals surface area contributed by atoms with Crippen molar-refractivity contribution in [2.24, 2.45) is 0 Å². The first-order valence-electron chi connectivity index (χ1n) is 7.46. The lowest BCUT2D eigenvalue weighted by Crippen LogP contribution is -2.32. The summed E-state index contributed by atoms with van der Waals surface area (Å²) in [6.45, 7) is 4.94. The molecular formula is C17H22N2O3. The fourth-order valence-corrected chi connectivity index (χ4v) is 2.03. The molecule has 0 N–H and O–H groups in total. The Bertz CT molecular complexity index is 605. The van der Waals surface area contributed by atoms with Gasteiger partial charge in [-0.3, -0.25) is 4.79 Å². The van der Waals surface area contributed by atoms with Crippen molar-refractivity contribution in [3.05, 3.63) is 47.3 Å². The van der Waals surface area contributed by atoms with Gasteiger partial charge in [-0.15, -0.1) is 0 Å². The summed E-state index contributed by atoms with van der Waals surface area (Å²) in [4.78, 5) is 13.7. The van der Waals surface area contributed by atoms with Gasteiger partial charge in [0.1, 0.15) is 18.1 Å². The van der Waals surface area contributed by atoms with Gasteiger partial charge in [0.15, 0.2) is 0 Å². The summed E-state index contributed by atoms with van der Waals surface area (Å²) in [6, 6.07) is 9.79. The lowest BCUT2D eigenvalue weighted by molar-refractivity contribution is -0.129. The number of carbonyl (C=O) groups is 1. The first-order valence-corrected chi connectivity index (χ1v) is 7.46. The monoisotopic (exact) mass is 302 g/mol. The second-order valence-electron chi connectivity index (χ2n) is 5.27. The minimum atomic E-state index is -0.0129. The van der Waals surface area contributed by atoms with E-state index in [9.17, 15) is 4.79 Å². The number of aromatic nitrogens is 1. The zero-order valence-corrected chi connectivity index (χ0v) is 13.3. The van der Waals surface area contributed by atoms with Gasteiger partial charge in [0.25, 0.3) is 0 Å². The SMILES string of the molecule is CCc1ccc(OCCN(C)C(=O)Cc2cc(C)no2)cc1. The van der Waals surface area contributed by atoms with Crippen LogP contribution >= 0.6 is 0 Å². The highest BCUT2D eigenvalue weighted by Crippen LogP contribution is 2.12. The predicted molar refractivity (Wildman–Crippen MR) is 83.9 cm³/mol. The summed E-state index contributed by atoms with van der Waals surface area (Å²) >= 11 is 0. The average molecular weight is 302 g/mol. The summed E-state index contributed by atoms with van der Waals surface area (Å²) < 4.78 is 10.7. The number of aryl methyl sites for hydroxylation is 2. The molecule has 1 aromatic carbocycles. The number of amides is 1. The largest absolute Gasteiger partial charge is 0.492 e. The van der Waals surface area contributed by atoms with Crippen LogP contribution in [0.4, 0.5) is 0 Å². The highest BCUT2D eigenvalue weighted by Gasteiger charge is 2.12. The van der Waals surface area contributed by atoms with Crippen LogP contribution in [0.15, 0.2) is 34.9 Å². The zero-order chi connectivity index (χ0) is 15.9. The minimum Gasteiger partial charge on any atom is -0.492 e. The summed E-state index contributed by atoms with van der Waals surface area (Å²) in [6.07, 6.45) is 1.24. The van der Waals surface area contributed by atoms with E-state index in [0.717, 1.165) is 17.9 Å². The number of hydrogen-bond donors (Lipinski definition) is 0. The van der Waals surface area contributed by atoms with Crippen LogP contribution in [0.3, 0.4) is 0 Å². The van der Waals surface area contributed by atoms with Gasteiger partial charge in [-0.1, -0.05) is 24.2 Å². The van der Waals surface area contributed by atoms with Gasteiger partial charge in [0.05, 0.1) is 18.7 Å². The van der Waals surface area contributed by atoms with Gasteiger partial charge in [0.2, 0.25) is 5.91 Å². The lowest BCUT2D eigenvalue weighted by atomic mass is 10.2. The van der Waals surface area contributed by atoms with Gasteiger partial charge in [0, 0.05) is 13.1 Å². The molecule has 0 aliphatic heterocycles. The molecule has 2 rings (SSSR count). The van der Waals surface area contributed by atoms with Crippen molar-refractivity contribution in [3.8, 4) is 5.75 Å². The molecule has 0 unspecified atom stereocenters. The fraction of sp³-hybridized carbons (Fsp3) is 0.412. The molecule has 5 heteroatoms. The molecule has 0 atom stereocenters. The summed E-state index contributed by atoms with van der Waals surface area (Å²) in [5.41, 5.74) is 2.06. The van der Waals surface area contributed by atoms with E-state index in [2.05, 4.69) is 24.2 Å². The van der Waals surface area contributed by atoms with Crippen LogP contribution in [-0.4, -0.2) is 36.2 Å². The van der Waals surface area contributed by atoms with E-state index >= 15 is 0 Å². The molecule has 0 saturated heterocycles. The van der Waals surface area contributed by atoms with Crippen molar-refractivity contribution in [1.29, 1.82) is 0 Å². The highest BCUT2D eigenvalue weighted by molar-refractivity contribution is 5.77. The van der Waals surface area contributed by atoms with Gasteiger partial charge in [-0.25, -0.2) is 0 Å². The van der Waals surface area contributed by atoms with Crippen LogP contribution in [0.2, 0.25) is 0 Å². The first-order chi connectivity index (χ1) is 10.6. The third-order valence-electron chi connectivity index (χ3n) is 3.46. The Labute approximate surface area is 130 Å². The van der Waals surface area contributed by atoms with Gasteiger partial charge < -0.3 is 14.2 Å². The van der Waals surface area contributed by atoms with E-state index in [1.165, 1.54) is 5.56 Å². The number of benzene rings is 1. The van der Waals surface area contributed by atoms with Gasteiger partial charge >= 0.3 is 0 Å². The molecule has 0 fully saturated rings. The summed E-state index contributed by atoms with van der Waals surface area (Å²) in [5, 5.41) is 3.77. The summed E-state index contributed by atoms with van der Waals surface area (Å²) in [5.74, 6) is 1.40. The highest BCUT2D eigenvalue weighted by atomic mass is 16.5. The Hall–Kier alpha value is -2.30. The number of carbonyl (C=O) groups excluding carboxylic acids is 1. The smallest absolute Gasteiger partial charge is 0.230 e. The molecule has 1 aromatic heterocycles. The van der Waals surface area contributed by atoms with Crippen LogP contribution < -0.4 is 4.74 Å². The van der Waals surface area contributed by atoms with E-state index in [1.807, 2.05) is 19.1 Å². The van der Waals surface area contributed by atoms with Gasteiger partial charge in [-0.2, -0.15) is 0 Å². The quantitative estimate of drug-likeness (QED) is 0.789. The Balaban J connectivity index is 1.74. The number of nitrogens with zero attached hydrogens (tertiary/aromatic N) is 2. The molecule has 1 heterocycles. The second-order valence-corrected chi connectivity index (χ2v) is 5.27. The third kappa shape index (κ3) is 4.62. The van der Waals surface area contributed by atoms with Crippen molar-refractivity contribution in [2.45, 2.75) is 26.7 Å². The van der Waals surface area contributed by atoms with Crippen molar-refractivity contribution < 1.29 is 14.1 Å². The topological polar surface area (TPSA) is 55.6 Å². The average Bonchev–Trinajstić information content (AvgIpc) is 2.93. The molecule has 0 spiro atoms. The van der Waals surface area contributed by atoms with E-state index in [1.54, 1.807) is 18.0 Å². The number of ether oxygens (including phenoxy) is 1. The van der Waals surface area contributed by atoms with E-state index in [0.29, 0.717) is 18.9 Å². The maximum Gasteiger partial charge on any atom is 0.230 e. The molecule has 0 saturated carbocycles. The molecule has 0 aliphatic carbocycles. The molecule has 0 aliphatic rings. The van der Waals surface area contributed by atoms with Gasteiger partial charge in [-0.05, 0) is 31.0 Å². The van der Waals surface area contributed by atoms with Crippen molar-refractivity contribution in [1.82, 2.24) is 10.1 Å². The standard InChI is InChI=1S/C17H22N2O3/c1-4-14-5-7-15(8-6-14)21-10-9-19(3)17(20)12-16-11-13(2)18-22-16/h5-8,11H,4,9-10,12H2,1-3H3. The Morgan fingerprint density at radius 2 is 2.05 bits per heavy atom. The Morgan fingerprint density at radius 3 is 2.64 bits per heavy atom. The molecule has 1 amide bonds. The van der Waals surface area contributed by atoms with Crippen LogP contribution in [0.1, 0.15) is 23.9 Å². The minimum absolute atomic E-state index is 0.0129. The Kier molecular flexibility index (Phi) is 5.58. The molecule has 118 valence electrons. The molecule has 5 nitrogen and oxygen atoms in total. The van der Waals surface area contributed by atoms with E-state index < -0.39 is 0 Å². The lowest BCUT2D eigenvalue weighted by Gasteiger charge is -2.16. The van der Waals surface area contributed by atoms with Crippen LogP contribution in [-0.2, 0) is 17.6 Å². The molecule has 22 heavy (non-hydrogen) atoms. The molecule has 0 radical (unpaired) electrons. The van der Waals surface area contributed by atoms with Crippen molar-refractivity contribution in [2.75, 3.05) is 20.2 Å². The van der Waals surface area contributed by atoms with Crippen molar-refractivity contribution >= 4 is 5.91 Å². The van der Waals surface area contributed by atoms with Crippen LogP contribution in [0.5, 0.6) is 5.75 Å². The van der Waals surface area contributed by atoms with Crippen LogP contribution in [0.25, 0.3) is 0 Å². The van der Waals surface area contributed by atoms with E-state index in [4.69, 9.17) is 9.26 Å². The summed E-state index contributed by atoms with van der Waals surface area (Å²) in [7, 11) is 1.76.